The first-order valence-corrected chi connectivity index (χ1v) is 25.2. The summed E-state index contributed by atoms with van der Waals surface area (Å²) in [5, 5.41) is 13.1. The Balaban J connectivity index is 0.842. The van der Waals surface area contributed by atoms with Crippen LogP contribution in [0.5, 0.6) is 11.5 Å². The van der Waals surface area contributed by atoms with Gasteiger partial charge in [0.1, 0.15) is 22.9 Å². The number of carbonyl (C=O) groups excluding carboxylic acids is 1. The number of fused-ring (bicyclic) bond motifs is 1. The number of aryl methyl sites for hydroxylation is 1. The molecule has 0 amide bonds. The molecule has 2 aromatic heterocycles. The molecule has 12 heteroatoms. The molecule has 11 nitrogen and oxygen atoms in total. The summed E-state index contributed by atoms with van der Waals surface area (Å²) in [7, 11) is -4.25. The summed E-state index contributed by atoms with van der Waals surface area (Å²) in [5.74, 6) is -0.297. The van der Waals surface area contributed by atoms with Gasteiger partial charge in [0.25, 0.3) is 5.69 Å². The van der Waals surface area contributed by atoms with Crippen LogP contribution in [-0.2, 0) is 16.3 Å². The molecule has 0 unspecified atom stereocenters. The minimum absolute atomic E-state index is 0.125. The quantitative estimate of drug-likeness (QED) is 0.0568. The first-order valence-electron chi connectivity index (χ1n) is 23.6. The third kappa shape index (κ3) is 8.35. The molecule has 1 saturated heterocycles. The van der Waals surface area contributed by atoms with Crippen LogP contribution in [0.3, 0.4) is 0 Å². The number of nitrogens with one attached hydrogen (secondary N) is 1. The summed E-state index contributed by atoms with van der Waals surface area (Å²) in [6.07, 6.45) is 21.4. The number of H-pyrrole nitrogens is 1. The van der Waals surface area contributed by atoms with E-state index in [9.17, 15) is 23.3 Å². The number of hydrogen-bond acceptors (Lipinski definition) is 9. The van der Waals surface area contributed by atoms with Crippen LogP contribution in [0.1, 0.15) is 127 Å². The van der Waals surface area contributed by atoms with Crippen molar-refractivity contribution in [1.29, 1.82) is 0 Å². The lowest BCUT2D eigenvalue weighted by atomic mass is 9.33. The number of anilines is 1. The van der Waals surface area contributed by atoms with E-state index >= 15 is 0 Å². The van der Waals surface area contributed by atoms with Crippen LogP contribution in [0.25, 0.3) is 11.0 Å². The second-order valence-corrected chi connectivity index (χ2v) is 23.8. The van der Waals surface area contributed by atoms with Crippen molar-refractivity contribution in [3.8, 4) is 11.5 Å². The fourth-order valence-electron chi connectivity index (χ4n) is 13.1. The second kappa shape index (κ2) is 15.9. The number of aromatic nitrogens is 2. The number of sulfone groups is 1. The normalized spacial score (nSPS) is 25.7. The van der Waals surface area contributed by atoms with Crippen molar-refractivity contribution in [2.75, 3.05) is 43.4 Å². The van der Waals surface area contributed by atoms with E-state index in [1.54, 1.807) is 35.7 Å². The number of benzene rings is 2. The Bertz CT molecular complexity index is 2570. The van der Waals surface area contributed by atoms with Gasteiger partial charge in [0.15, 0.2) is 15.6 Å². The first-order chi connectivity index (χ1) is 30.1. The molecule has 3 heterocycles. The van der Waals surface area contributed by atoms with E-state index in [0.29, 0.717) is 51.0 Å². The highest BCUT2D eigenvalue weighted by Crippen LogP contribution is 2.77. The number of rotatable bonds is 14. The molecule has 2 aromatic carbocycles. The van der Waals surface area contributed by atoms with Crippen molar-refractivity contribution < 1.29 is 22.9 Å². The summed E-state index contributed by atoms with van der Waals surface area (Å²) in [4.78, 5) is 38.1. The van der Waals surface area contributed by atoms with Gasteiger partial charge in [0.05, 0.1) is 21.6 Å². The number of nitrogens with zero attached hydrogens (tertiary/aromatic N) is 4. The Morgan fingerprint density at radius 3 is 2.44 bits per heavy atom. The van der Waals surface area contributed by atoms with E-state index in [0.717, 1.165) is 56.3 Å². The molecule has 6 fully saturated rings. The number of pyridine rings is 1. The van der Waals surface area contributed by atoms with Crippen LogP contribution in [0, 0.1) is 37.7 Å². The lowest BCUT2D eigenvalue weighted by molar-refractivity contribution is -0.385. The monoisotopic (exact) mass is 873 g/mol. The molecule has 1 N–H and O–H groups in total. The Labute approximate surface area is 372 Å². The zero-order valence-electron chi connectivity index (χ0n) is 37.3. The van der Waals surface area contributed by atoms with Gasteiger partial charge in [-0.25, -0.2) is 13.4 Å². The number of ketones is 1. The van der Waals surface area contributed by atoms with E-state index in [-0.39, 0.29) is 21.9 Å². The van der Waals surface area contributed by atoms with Gasteiger partial charge >= 0.3 is 0 Å². The van der Waals surface area contributed by atoms with E-state index in [1.807, 2.05) is 24.3 Å². The number of nitro benzene ring substituents is 1. The molecule has 7 aliphatic rings. The van der Waals surface area contributed by atoms with Gasteiger partial charge in [-0.3, -0.25) is 19.8 Å². The first kappa shape index (κ1) is 42.4. The molecular formula is C51H63N5O6S. The third-order valence-electron chi connectivity index (χ3n) is 16.3. The van der Waals surface area contributed by atoms with Gasteiger partial charge in [0.2, 0.25) is 0 Å². The second-order valence-electron chi connectivity index (χ2n) is 21.8. The fraction of sp³-hybridized carbons (Fsp3) is 0.569. The van der Waals surface area contributed by atoms with Gasteiger partial charge < -0.3 is 14.6 Å². The molecule has 4 aromatic rings. The largest absolute Gasteiger partial charge is 0.455 e. The standard InChI is InChI=1S/C51H63N5O6S/c1-48(2)17-13-38(43(28-48)51-32-49(3,33-51)34-51)30-54-19-21-55(22-20-54)39-10-12-42(46(24-39)62-40-23-37-14-18-52-47(37)53-29-40)45(57)31-63(60,61)41-11-9-36(44(25-41)56(58)59)8-7-35-26-50(27-35)15-5-4-6-16-50/h9-12,14,18,23-25,29,35H,4-8,13,15-17,19-22,26-28,30-34H2,1-3H3,(H,52,53). The predicted octanol–water partition coefficient (Wildman–Crippen LogP) is 11.0. The Morgan fingerprint density at radius 2 is 1.71 bits per heavy atom. The maximum absolute atomic E-state index is 14.1. The van der Waals surface area contributed by atoms with Crippen molar-refractivity contribution in [2.45, 2.75) is 122 Å². The number of hydrogen-bond donors (Lipinski definition) is 1. The highest BCUT2D eigenvalue weighted by Gasteiger charge is 2.66. The van der Waals surface area contributed by atoms with Crippen LogP contribution >= 0.6 is 0 Å². The van der Waals surface area contributed by atoms with E-state index < -0.39 is 26.3 Å². The van der Waals surface area contributed by atoms with Crippen LogP contribution in [0.15, 0.2) is 77.0 Å². The molecule has 5 saturated carbocycles. The van der Waals surface area contributed by atoms with E-state index in [2.05, 4.69) is 40.5 Å². The molecule has 63 heavy (non-hydrogen) atoms. The SMILES string of the molecule is CC1(C)CCC(CN2CCN(c3ccc(C(=O)CS(=O)(=O)c4ccc(CCC5CC6(CCCCC6)C5)c([N+](=O)[O-])c4)c(Oc4cnc5[nH]ccc5c4)c3)CC2)=C(C23CC(C)(C2)C3)C1. The van der Waals surface area contributed by atoms with Gasteiger partial charge in [-0.2, -0.15) is 0 Å². The van der Waals surface area contributed by atoms with Crippen molar-refractivity contribution in [2.24, 2.45) is 27.6 Å². The summed E-state index contributed by atoms with van der Waals surface area (Å²) in [6, 6.07) is 13.2. The summed E-state index contributed by atoms with van der Waals surface area (Å²) in [6.45, 7) is 11.8. The number of Topliss-reactive ketones (excluding diaryl/α,β-unsaturated/α-hetero) is 1. The van der Waals surface area contributed by atoms with Crippen molar-refractivity contribution in [3.05, 3.63) is 93.3 Å². The van der Waals surface area contributed by atoms with Crippen LogP contribution in [0.4, 0.5) is 11.4 Å². The van der Waals surface area contributed by atoms with Gasteiger partial charge in [-0.05, 0) is 135 Å². The smallest absolute Gasteiger partial charge is 0.273 e. The Hall–Kier alpha value is -4.55. The topological polar surface area (TPSA) is 139 Å². The molecule has 1 aliphatic heterocycles. The number of nitro groups is 1. The average Bonchev–Trinajstić information content (AvgIpc) is 3.70. The third-order valence-corrected chi connectivity index (χ3v) is 17.9. The minimum atomic E-state index is -4.25. The average molecular weight is 874 g/mol. The lowest BCUT2D eigenvalue weighted by Gasteiger charge is -2.72. The van der Waals surface area contributed by atoms with Crippen LogP contribution in [0.2, 0.25) is 0 Å². The minimum Gasteiger partial charge on any atom is -0.455 e. The summed E-state index contributed by atoms with van der Waals surface area (Å²) < 4.78 is 34.2. The zero-order valence-corrected chi connectivity index (χ0v) is 38.2. The molecule has 11 rings (SSSR count). The van der Waals surface area contributed by atoms with Crippen molar-refractivity contribution in [1.82, 2.24) is 14.9 Å². The highest BCUT2D eigenvalue weighted by molar-refractivity contribution is 7.92. The Kier molecular flexibility index (Phi) is 10.7. The number of aromatic amines is 1. The maximum Gasteiger partial charge on any atom is 0.273 e. The maximum atomic E-state index is 14.1. The molecule has 0 atom stereocenters. The van der Waals surface area contributed by atoms with Gasteiger partial charge in [-0.15, -0.1) is 0 Å². The van der Waals surface area contributed by atoms with Crippen molar-refractivity contribution in [3.63, 3.8) is 0 Å². The highest BCUT2D eigenvalue weighted by atomic mass is 32.2. The lowest BCUT2D eigenvalue weighted by Crippen LogP contribution is -2.61. The summed E-state index contributed by atoms with van der Waals surface area (Å²) >= 11 is 0. The number of piperazine rings is 1. The molecular weight excluding hydrogens is 811 g/mol. The molecule has 0 radical (unpaired) electrons. The zero-order chi connectivity index (χ0) is 43.8. The molecule has 1 spiro atoms. The van der Waals surface area contributed by atoms with E-state index in [1.165, 1.54) is 89.5 Å². The number of allylic oxidation sites excluding steroid dienone is 1. The van der Waals surface area contributed by atoms with Crippen LogP contribution in [-0.4, -0.2) is 72.5 Å². The molecule has 334 valence electrons. The van der Waals surface area contributed by atoms with Crippen molar-refractivity contribution >= 4 is 38.0 Å². The number of ether oxygens (including phenoxy) is 1. The van der Waals surface area contributed by atoms with Gasteiger partial charge in [-0.1, -0.05) is 57.2 Å². The van der Waals surface area contributed by atoms with Gasteiger partial charge in [0, 0.05) is 67.7 Å². The molecule has 2 bridgehead atoms. The molecule has 6 aliphatic carbocycles. The fourth-order valence-corrected chi connectivity index (χ4v) is 14.4. The van der Waals surface area contributed by atoms with E-state index in [4.69, 9.17) is 4.74 Å². The Morgan fingerprint density at radius 1 is 0.952 bits per heavy atom. The van der Waals surface area contributed by atoms with Crippen LogP contribution < -0.4 is 9.64 Å². The summed E-state index contributed by atoms with van der Waals surface area (Å²) in [5.41, 5.74) is 7.41. The number of carbonyl (C=O) groups is 1. The predicted molar refractivity (Wildman–Crippen MR) is 246 cm³/mol.